The third-order valence-electron chi connectivity index (χ3n) is 3.53. The first-order chi connectivity index (χ1) is 12.6. The topological polar surface area (TPSA) is 74.8 Å². The minimum Gasteiger partial charge on any atom is -0.360 e. The van der Waals surface area contributed by atoms with Gasteiger partial charge in [-0.3, -0.25) is 4.72 Å². The van der Waals surface area contributed by atoms with Crippen LogP contribution in [0.1, 0.15) is 5.56 Å². The van der Waals surface area contributed by atoms with Gasteiger partial charge in [0.15, 0.2) is 11.6 Å². The van der Waals surface area contributed by atoms with Crippen LogP contribution in [0.5, 0.6) is 0 Å². The van der Waals surface area contributed by atoms with E-state index in [-0.39, 0.29) is 22.2 Å². The largest absolute Gasteiger partial charge is 0.417 e. The van der Waals surface area contributed by atoms with Gasteiger partial charge in [-0.15, -0.1) is 0 Å². The van der Waals surface area contributed by atoms with Crippen LogP contribution in [0, 0.1) is 11.6 Å². The van der Waals surface area contributed by atoms with Crippen molar-refractivity contribution in [1.29, 1.82) is 0 Å². The van der Waals surface area contributed by atoms with E-state index in [4.69, 9.17) is 0 Å². The van der Waals surface area contributed by atoms with E-state index < -0.39 is 39.2 Å². The van der Waals surface area contributed by atoms with Gasteiger partial charge in [0.05, 0.1) is 5.56 Å². The number of alkyl halides is 3. The average molecular weight is 403 g/mol. The van der Waals surface area contributed by atoms with E-state index in [2.05, 4.69) is 9.97 Å². The van der Waals surface area contributed by atoms with Crippen molar-refractivity contribution in [3.63, 3.8) is 0 Å². The first-order valence-electron chi connectivity index (χ1n) is 7.27. The highest BCUT2D eigenvalue weighted by molar-refractivity contribution is 7.92. The van der Waals surface area contributed by atoms with Crippen molar-refractivity contribution < 1.29 is 30.4 Å². The van der Waals surface area contributed by atoms with E-state index in [0.29, 0.717) is 6.20 Å². The zero-order chi connectivity index (χ0) is 19.8. The normalized spacial score (nSPS) is 12.2. The molecule has 0 aliphatic rings. The summed E-state index contributed by atoms with van der Waals surface area (Å²) in [6.07, 6.45) is -3.48. The summed E-state index contributed by atoms with van der Waals surface area (Å²) in [5.41, 5.74) is -1.10. The second-order valence-corrected chi connectivity index (χ2v) is 7.07. The number of nitrogens with one attached hydrogen (secondary N) is 2. The number of aromatic amines is 1. The molecule has 0 bridgehead atoms. The lowest BCUT2D eigenvalue weighted by Crippen LogP contribution is -2.15. The molecular weight excluding hydrogens is 393 g/mol. The second-order valence-electron chi connectivity index (χ2n) is 5.39. The van der Waals surface area contributed by atoms with Crippen LogP contribution in [-0.4, -0.2) is 18.4 Å². The number of rotatable bonds is 4. The summed E-state index contributed by atoms with van der Waals surface area (Å²) >= 11 is 0. The zero-order valence-electron chi connectivity index (χ0n) is 13.2. The number of hydrogen-bond acceptors (Lipinski definition) is 3. The Morgan fingerprint density at radius 3 is 2.37 bits per heavy atom. The summed E-state index contributed by atoms with van der Waals surface area (Å²) in [5, 5.41) is 0. The minimum atomic E-state index is -4.82. The maximum Gasteiger partial charge on any atom is 0.417 e. The van der Waals surface area contributed by atoms with Crippen LogP contribution in [0.2, 0.25) is 0 Å². The Bertz CT molecular complexity index is 1090. The van der Waals surface area contributed by atoms with Gasteiger partial charge in [-0.05, 0) is 24.3 Å². The number of halogens is 5. The fourth-order valence-electron chi connectivity index (χ4n) is 2.22. The van der Waals surface area contributed by atoms with Gasteiger partial charge in [-0.2, -0.15) is 13.2 Å². The number of anilines is 1. The SMILES string of the molecule is O=S(=O)(Nc1ncc(C(F)(F)F)cc1F)c1c[nH]c(-c2ccccc2F)c1. The highest BCUT2D eigenvalue weighted by atomic mass is 32.2. The number of aromatic nitrogens is 2. The lowest BCUT2D eigenvalue weighted by atomic mass is 10.1. The molecule has 5 nitrogen and oxygen atoms in total. The molecule has 27 heavy (non-hydrogen) atoms. The molecule has 0 spiro atoms. The molecule has 2 aromatic heterocycles. The van der Waals surface area contributed by atoms with Crippen molar-refractivity contribution >= 4 is 15.8 Å². The summed E-state index contributed by atoms with van der Waals surface area (Å²) in [6.45, 7) is 0. The predicted molar refractivity (Wildman–Crippen MR) is 86.2 cm³/mol. The molecule has 142 valence electrons. The van der Waals surface area contributed by atoms with Crippen molar-refractivity contribution in [3.8, 4) is 11.3 Å². The molecule has 2 heterocycles. The molecule has 0 aliphatic carbocycles. The number of H-pyrrole nitrogens is 1. The Morgan fingerprint density at radius 2 is 1.74 bits per heavy atom. The van der Waals surface area contributed by atoms with Gasteiger partial charge in [0.1, 0.15) is 10.7 Å². The molecule has 3 aromatic rings. The monoisotopic (exact) mass is 403 g/mol. The standard InChI is InChI=1S/C16H10F5N3O2S/c17-12-4-2-1-3-11(12)14-6-10(8-22-14)27(25,26)24-15-13(18)5-9(7-23-15)16(19,20)21/h1-8,22H,(H,23,24). The zero-order valence-corrected chi connectivity index (χ0v) is 14.0. The van der Waals surface area contributed by atoms with Crippen LogP contribution >= 0.6 is 0 Å². The quantitative estimate of drug-likeness (QED) is 0.642. The molecular formula is C16H10F5N3O2S. The summed E-state index contributed by atoms with van der Waals surface area (Å²) < 4.78 is 91.5. The number of nitrogens with zero attached hydrogens (tertiary/aromatic N) is 1. The number of pyridine rings is 1. The molecule has 0 amide bonds. The first kappa shape index (κ1) is 18.8. The summed E-state index contributed by atoms with van der Waals surface area (Å²) in [6, 6.07) is 6.84. The van der Waals surface area contributed by atoms with Crippen LogP contribution < -0.4 is 4.72 Å². The van der Waals surface area contributed by atoms with Crippen molar-refractivity contribution in [2.45, 2.75) is 11.1 Å². The van der Waals surface area contributed by atoms with E-state index in [0.717, 1.165) is 12.3 Å². The molecule has 0 atom stereocenters. The van der Waals surface area contributed by atoms with E-state index in [1.807, 2.05) is 0 Å². The third-order valence-corrected chi connectivity index (χ3v) is 4.85. The Kier molecular flexibility index (Phi) is 4.64. The van der Waals surface area contributed by atoms with E-state index in [1.165, 1.54) is 18.2 Å². The van der Waals surface area contributed by atoms with Gasteiger partial charge in [0.2, 0.25) is 0 Å². The number of sulfonamides is 1. The first-order valence-corrected chi connectivity index (χ1v) is 8.75. The molecule has 0 saturated carbocycles. The van der Waals surface area contributed by atoms with E-state index in [9.17, 15) is 30.4 Å². The van der Waals surface area contributed by atoms with Gasteiger partial charge in [-0.1, -0.05) is 12.1 Å². The van der Waals surface area contributed by atoms with Gasteiger partial charge < -0.3 is 4.98 Å². The lowest BCUT2D eigenvalue weighted by Gasteiger charge is -2.09. The van der Waals surface area contributed by atoms with Crippen LogP contribution in [0.4, 0.5) is 27.8 Å². The Hall–Kier alpha value is -2.95. The van der Waals surface area contributed by atoms with Crippen LogP contribution in [-0.2, 0) is 16.2 Å². The smallest absolute Gasteiger partial charge is 0.360 e. The van der Waals surface area contributed by atoms with E-state index in [1.54, 1.807) is 10.8 Å². The Morgan fingerprint density at radius 1 is 1.04 bits per heavy atom. The maximum absolute atomic E-state index is 13.8. The fraction of sp³-hybridized carbons (Fsp3) is 0.0625. The van der Waals surface area contributed by atoms with Gasteiger partial charge in [0, 0.05) is 23.7 Å². The van der Waals surface area contributed by atoms with E-state index >= 15 is 0 Å². The van der Waals surface area contributed by atoms with Crippen molar-refractivity contribution in [3.05, 3.63) is 66.0 Å². The predicted octanol–water partition coefficient (Wildman–Crippen LogP) is 4.17. The van der Waals surface area contributed by atoms with Crippen LogP contribution in [0.15, 0.2) is 53.7 Å². The maximum atomic E-state index is 13.8. The molecule has 3 rings (SSSR count). The van der Waals surface area contributed by atoms with Gasteiger partial charge >= 0.3 is 6.18 Å². The highest BCUT2D eigenvalue weighted by Crippen LogP contribution is 2.31. The second kappa shape index (κ2) is 6.65. The third kappa shape index (κ3) is 3.92. The lowest BCUT2D eigenvalue weighted by molar-refractivity contribution is -0.138. The average Bonchev–Trinajstić information content (AvgIpc) is 3.07. The number of benzene rings is 1. The summed E-state index contributed by atoms with van der Waals surface area (Å²) in [5.74, 6) is -2.97. The Labute approximate surface area is 149 Å². The Balaban J connectivity index is 1.89. The molecule has 0 fully saturated rings. The number of hydrogen-bond donors (Lipinski definition) is 2. The molecule has 0 unspecified atom stereocenters. The minimum absolute atomic E-state index is 0.109. The van der Waals surface area contributed by atoms with Crippen molar-refractivity contribution in [2.75, 3.05) is 4.72 Å². The van der Waals surface area contributed by atoms with Crippen LogP contribution in [0.25, 0.3) is 11.3 Å². The summed E-state index contributed by atoms with van der Waals surface area (Å²) in [7, 11) is -4.37. The van der Waals surface area contributed by atoms with Crippen LogP contribution in [0.3, 0.4) is 0 Å². The molecule has 0 saturated heterocycles. The molecule has 0 radical (unpaired) electrons. The molecule has 2 N–H and O–H groups in total. The highest BCUT2D eigenvalue weighted by Gasteiger charge is 2.32. The van der Waals surface area contributed by atoms with Crippen molar-refractivity contribution in [2.24, 2.45) is 0 Å². The van der Waals surface area contributed by atoms with Gasteiger partial charge in [0.25, 0.3) is 10.0 Å². The summed E-state index contributed by atoms with van der Waals surface area (Å²) in [4.78, 5) is 5.38. The fourth-order valence-corrected chi connectivity index (χ4v) is 3.23. The molecule has 11 heteroatoms. The molecule has 0 aliphatic heterocycles. The van der Waals surface area contributed by atoms with Gasteiger partial charge in [-0.25, -0.2) is 22.2 Å². The molecule has 1 aromatic carbocycles. The van der Waals surface area contributed by atoms with Crippen molar-refractivity contribution in [1.82, 2.24) is 9.97 Å².